The van der Waals surface area contributed by atoms with Gasteiger partial charge in [0.1, 0.15) is 6.04 Å². The molecule has 8 heteroatoms. The topological polar surface area (TPSA) is 86.9 Å². The predicted octanol–water partition coefficient (Wildman–Crippen LogP) is 1.32. The highest BCUT2D eigenvalue weighted by atomic mass is 16.7. The molecule has 1 aromatic carbocycles. The number of ether oxygens (including phenoxy) is 3. The standard InChI is InChI=1S/C15H15N3O5/c1-9-16-17-14(23-9)11-7-20-6-5-18(11)15(19)10-3-2-4-12-13(10)22-8-21-12/h2-4,11H,5-8H2,1H3. The number of hydrogen-bond donors (Lipinski definition) is 0. The monoisotopic (exact) mass is 317 g/mol. The second kappa shape index (κ2) is 5.54. The van der Waals surface area contributed by atoms with Gasteiger partial charge in [-0.05, 0) is 12.1 Å². The number of para-hydroxylation sites is 1. The van der Waals surface area contributed by atoms with Crippen molar-refractivity contribution in [2.75, 3.05) is 26.6 Å². The molecule has 0 aliphatic carbocycles. The Hall–Kier alpha value is -2.61. The molecule has 3 heterocycles. The second-order valence-electron chi connectivity index (χ2n) is 5.29. The van der Waals surface area contributed by atoms with Crippen LogP contribution in [0.15, 0.2) is 22.6 Å². The summed E-state index contributed by atoms with van der Waals surface area (Å²) in [6, 6.07) is 4.86. The molecule has 120 valence electrons. The van der Waals surface area contributed by atoms with Crippen molar-refractivity contribution in [3.05, 3.63) is 35.5 Å². The molecular formula is C15H15N3O5. The van der Waals surface area contributed by atoms with E-state index < -0.39 is 6.04 Å². The van der Waals surface area contributed by atoms with Gasteiger partial charge in [-0.2, -0.15) is 0 Å². The number of morpholine rings is 1. The van der Waals surface area contributed by atoms with Gasteiger partial charge in [0, 0.05) is 13.5 Å². The van der Waals surface area contributed by atoms with Crippen molar-refractivity contribution in [1.29, 1.82) is 0 Å². The van der Waals surface area contributed by atoms with Crippen LogP contribution in [0.2, 0.25) is 0 Å². The zero-order chi connectivity index (χ0) is 15.8. The van der Waals surface area contributed by atoms with Crippen LogP contribution in [0, 0.1) is 6.92 Å². The molecule has 0 N–H and O–H groups in total. The Morgan fingerprint density at radius 3 is 3.04 bits per heavy atom. The van der Waals surface area contributed by atoms with Crippen LogP contribution in [0.25, 0.3) is 0 Å². The van der Waals surface area contributed by atoms with Crippen LogP contribution in [0.4, 0.5) is 0 Å². The van der Waals surface area contributed by atoms with Crippen LogP contribution in [0.3, 0.4) is 0 Å². The van der Waals surface area contributed by atoms with Crippen molar-refractivity contribution in [1.82, 2.24) is 15.1 Å². The van der Waals surface area contributed by atoms with Gasteiger partial charge >= 0.3 is 0 Å². The molecule has 4 rings (SSSR count). The lowest BCUT2D eigenvalue weighted by Crippen LogP contribution is -2.43. The van der Waals surface area contributed by atoms with Crippen LogP contribution in [-0.2, 0) is 4.74 Å². The molecule has 23 heavy (non-hydrogen) atoms. The Morgan fingerprint density at radius 1 is 1.30 bits per heavy atom. The first-order valence-electron chi connectivity index (χ1n) is 7.31. The number of carbonyl (C=O) groups is 1. The molecule has 2 aliphatic heterocycles. The third-order valence-electron chi connectivity index (χ3n) is 3.84. The fourth-order valence-corrected chi connectivity index (χ4v) is 2.75. The van der Waals surface area contributed by atoms with E-state index in [0.717, 1.165) is 0 Å². The number of benzene rings is 1. The number of rotatable bonds is 2. The van der Waals surface area contributed by atoms with E-state index in [2.05, 4.69) is 10.2 Å². The summed E-state index contributed by atoms with van der Waals surface area (Å²) in [5.74, 6) is 1.71. The number of amides is 1. The second-order valence-corrected chi connectivity index (χ2v) is 5.29. The molecule has 1 amide bonds. The fraction of sp³-hybridized carbons (Fsp3) is 0.400. The van der Waals surface area contributed by atoms with E-state index in [1.807, 2.05) is 0 Å². The molecule has 8 nitrogen and oxygen atoms in total. The molecular weight excluding hydrogens is 302 g/mol. The van der Waals surface area contributed by atoms with E-state index in [1.54, 1.807) is 30.0 Å². The van der Waals surface area contributed by atoms with Gasteiger partial charge in [0.25, 0.3) is 5.91 Å². The van der Waals surface area contributed by atoms with Gasteiger partial charge in [0.05, 0.1) is 18.8 Å². The SMILES string of the molecule is Cc1nnc(C2COCCN2C(=O)c2cccc3c2OCO3)o1. The Balaban J connectivity index is 1.67. The highest BCUT2D eigenvalue weighted by Gasteiger charge is 2.35. The maximum atomic E-state index is 13.0. The molecule has 1 fully saturated rings. The molecule has 0 spiro atoms. The Kier molecular flexibility index (Phi) is 3.38. The van der Waals surface area contributed by atoms with E-state index >= 15 is 0 Å². The zero-order valence-corrected chi connectivity index (χ0v) is 12.5. The van der Waals surface area contributed by atoms with Crippen molar-refractivity contribution >= 4 is 5.91 Å². The number of fused-ring (bicyclic) bond motifs is 1. The van der Waals surface area contributed by atoms with Gasteiger partial charge in [-0.25, -0.2) is 0 Å². The first kappa shape index (κ1) is 14.0. The van der Waals surface area contributed by atoms with Crippen LogP contribution >= 0.6 is 0 Å². The molecule has 0 radical (unpaired) electrons. The summed E-state index contributed by atoms with van der Waals surface area (Å²) in [6.45, 7) is 3.05. The summed E-state index contributed by atoms with van der Waals surface area (Å²) in [5.41, 5.74) is 0.461. The van der Waals surface area contributed by atoms with Gasteiger partial charge in [-0.15, -0.1) is 10.2 Å². The Bertz CT molecular complexity index is 744. The Morgan fingerprint density at radius 2 is 2.22 bits per heavy atom. The zero-order valence-electron chi connectivity index (χ0n) is 12.5. The molecule has 1 aromatic heterocycles. The van der Waals surface area contributed by atoms with Crippen LogP contribution < -0.4 is 9.47 Å². The molecule has 2 aromatic rings. The summed E-state index contributed by atoms with van der Waals surface area (Å²) in [5, 5.41) is 7.85. The van der Waals surface area contributed by atoms with E-state index in [4.69, 9.17) is 18.6 Å². The van der Waals surface area contributed by atoms with Crippen molar-refractivity contribution in [3.8, 4) is 11.5 Å². The number of nitrogens with zero attached hydrogens (tertiary/aromatic N) is 3. The van der Waals surface area contributed by atoms with Crippen molar-refractivity contribution in [3.63, 3.8) is 0 Å². The smallest absolute Gasteiger partial charge is 0.258 e. The van der Waals surface area contributed by atoms with Crippen molar-refractivity contribution < 1.29 is 23.4 Å². The van der Waals surface area contributed by atoms with E-state index in [1.165, 1.54) is 0 Å². The number of carbonyl (C=O) groups excluding carboxylic acids is 1. The molecule has 2 aliphatic rings. The predicted molar refractivity (Wildman–Crippen MR) is 76.2 cm³/mol. The van der Waals surface area contributed by atoms with Gasteiger partial charge in [0.2, 0.25) is 18.6 Å². The highest BCUT2D eigenvalue weighted by molar-refractivity contribution is 5.98. The van der Waals surface area contributed by atoms with Crippen LogP contribution in [-0.4, -0.2) is 47.6 Å². The van der Waals surface area contributed by atoms with E-state index in [-0.39, 0.29) is 12.7 Å². The largest absolute Gasteiger partial charge is 0.454 e. The lowest BCUT2D eigenvalue weighted by molar-refractivity contribution is -0.0108. The first-order chi connectivity index (χ1) is 11.2. The molecule has 0 bridgehead atoms. The first-order valence-corrected chi connectivity index (χ1v) is 7.31. The maximum absolute atomic E-state index is 13.0. The number of aryl methyl sites for hydroxylation is 1. The van der Waals surface area contributed by atoms with E-state index in [0.29, 0.717) is 48.6 Å². The molecule has 1 unspecified atom stereocenters. The van der Waals surface area contributed by atoms with Crippen LogP contribution in [0.1, 0.15) is 28.2 Å². The average Bonchev–Trinajstić information content (AvgIpc) is 3.22. The minimum atomic E-state index is -0.407. The lowest BCUT2D eigenvalue weighted by Gasteiger charge is -2.33. The lowest BCUT2D eigenvalue weighted by atomic mass is 10.1. The van der Waals surface area contributed by atoms with Crippen molar-refractivity contribution in [2.45, 2.75) is 13.0 Å². The summed E-state index contributed by atoms with van der Waals surface area (Å²) in [6.07, 6.45) is 0. The summed E-state index contributed by atoms with van der Waals surface area (Å²) >= 11 is 0. The third kappa shape index (κ3) is 2.40. The highest BCUT2D eigenvalue weighted by Crippen LogP contribution is 2.37. The quantitative estimate of drug-likeness (QED) is 0.825. The van der Waals surface area contributed by atoms with Gasteiger partial charge in [0.15, 0.2) is 11.5 Å². The number of hydrogen-bond acceptors (Lipinski definition) is 7. The average molecular weight is 317 g/mol. The third-order valence-corrected chi connectivity index (χ3v) is 3.84. The van der Waals surface area contributed by atoms with Gasteiger partial charge < -0.3 is 23.5 Å². The summed E-state index contributed by atoms with van der Waals surface area (Å²) in [7, 11) is 0. The Labute approximate surface area is 131 Å². The fourth-order valence-electron chi connectivity index (χ4n) is 2.75. The molecule has 0 saturated carbocycles. The molecule has 1 saturated heterocycles. The maximum Gasteiger partial charge on any atom is 0.258 e. The molecule has 1 atom stereocenters. The normalized spacial score (nSPS) is 19.9. The number of aromatic nitrogens is 2. The van der Waals surface area contributed by atoms with Crippen LogP contribution in [0.5, 0.6) is 11.5 Å². The minimum absolute atomic E-state index is 0.120. The summed E-state index contributed by atoms with van der Waals surface area (Å²) < 4.78 is 21.7. The van der Waals surface area contributed by atoms with Crippen molar-refractivity contribution in [2.24, 2.45) is 0 Å². The summed E-state index contributed by atoms with van der Waals surface area (Å²) in [4.78, 5) is 14.7. The van der Waals surface area contributed by atoms with Gasteiger partial charge in [-0.3, -0.25) is 4.79 Å². The minimum Gasteiger partial charge on any atom is -0.454 e. The van der Waals surface area contributed by atoms with E-state index in [9.17, 15) is 4.79 Å². The van der Waals surface area contributed by atoms with Gasteiger partial charge in [-0.1, -0.05) is 6.07 Å².